The van der Waals surface area contributed by atoms with Crippen LogP contribution in [0.25, 0.3) is 10.9 Å². The highest BCUT2D eigenvalue weighted by molar-refractivity contribution is 7.80. The number of furan rings is 1. The van der Waals surface area contributed by atoms with E-state index in [4.69, 9.17) is 28.2 Å². The van der Waals surface area contributed by atoms with E-state index in [0.29, 0.717) is 29.6 Å². The van der Waals surface area contributed by atoms with Crippen molar-refractivity contribution in [1.82, 2.24) is 9.88 Å². The first-order valence-corrected chi connectivity index (χ1v) is 10.4. The second-order valence-electron chi connectivity index (χ2n) is 7.11. The molecular formula is C23H21ClFN3OS. The third-order valence-electron chi connectivity index (χ3n) is 5.00. The maximum atomic E-state index is 13.8. The largest absolute Gasteiger partial charge is 0.467 e. The van der Waals surface area contributed by atoms with E-state index in [0.717, 1.165) is 33.6 Å². The molecule has 0 aliphatic heterocycles. The molecule has 0 atom stereocenters. The summed E-state index contributed by atoms with van der Waals surface area (Å²) in [6.07, 6.45) is 2.35. The monoisotopic (exact) mass is 441 g/mol. The van der Waals surface area contributed by atoms with Gasteiger partial charge in [-0.05, 0) is 79.7 Å². The molecule has 0 radical (unpaired) electrons. The molecule has 0 fully saturated rings. The molecule has 154 valence electrons. The number of H-pyrrole nitrogens is 1. The zero-order valence-corrected chi connectivity index (χ0v) is 18.0. The van der Waals surface area contributed by atoms with Crippen molar-refractivity contribution < 1.29 is 8.81 Å². The Morgan fingerprint density at radius 2 is 2.07 bits per heavy atom. The van der Waals surface area contributed by atoms with Gasteiger partial charge in [-0.15, -0.1) is 0 Å². The van der Waals surface area contributed by atoms with Crippen LogP contribution in [0.3, 0.4) is 0 Å². The normalized spacial score (nSPS) is 11.0. The molecule has 0 spiro atoms. The quantitative estimate of drug-likeness (QED) is 0.344. The molecule has 2 aromatic carbocycles. The van der Waals surface area contributed by atoms with Crippen molar-refractivity contribution >= 4 is 45.5 Å². The summed E-state index contributed by atoms with van der Waals surface area (Å²) in [7, 11) is 0. The summed E-state index contributed by atoms with van der Waals surface area (Å²) in [5, 5.41) is 5.35. The van der Waals surface area contributed by atoms with E-state index < -0.39 is 0 Å². The van der Waals surface area contributed by atoms with Crippen LogP contribution in [0.5, 0.6) is 0 Å². The average Bonchev–Trinajstić information content (AvgIpc) is 3.32. The Kier molecular flexibility index (Phi) is 6.06. The third-order valence-corrected chi connectivity index (χ3v) is 5.60. The molecule has 4 nitrogen and oxygen atoms in total. The molecule has 0 bridgehead atoms. The van der Waals surface area contributed by atoms with Crippen molar-refractivity contribution in [3.63, 3.8) is 0 Å². The zero-order chi connectivity index (χ0) is 21.1. The Balaban J connectivity index is 1.55. The minimum absolute atomic E-state index is 0.242. The van der Waals surface area contributed by atoms with Gasteiger partial charge in [0.05, 0.1) is 12.8 Å². The molecule has 0 saturated heterocycles. The summed E-state index contributed by atoms with van der Waals surface area (Å²) in [4.78, 5) is 5.37. The van der Waals surface area contributed by atoms with Gasteiger partial charge >= 0.3 is 0 Å². The van der Waals surface area contributed by atoms with Crippen LogP contribution in [0.4, 0.5) is 10.1 Å². The van der Waals surface area contributed by atoms with Crippen LogP contribution in [0.1, 0.15) is 17.0 Å². The third kappa shape index (κ3) is 4.66. The van der Waals surface area contributed by atoms with Crippen molar-refractivity contribution in [2.45, 2.75) is 19.9 Å². The predicted octanol–water partition coefficient (Wildman–Crippen LogP) is 6.30. The number of aromatic nitrogens is 1. The lowest BCUT2D eigenvalue weighted by Crippen LogP contribution is -2.35. The average molecular weight is 442 g/mol. The van der Waals surface area contributed by atoms with Crippen molar-refractivity contribution in [3.05, 3.63) is 88.7 Å². The molecule has 7 heteroatoms. The molecule has 2 N–H and O–H groups in total. The van der Waals surface area contributed by atoms with Gasteiger partial charge in [0.1, 0.15) is 11.6 Å². The minimum atomic E-state index is -0.242. The topological polar surface area (TPSA) is 44.2 Å². The van der Waals surface area contributed by atoms with E-state index in [-0.39, 0.29) is 5.82 Å². The maximum absolute atomic E-state index is 13.8. The highest BCUT2D eigenvalue weighted by atomic mass is 35.5. The predicted molar refractivity (Wildman–Crippen MR) is 123 cm³/mol. The summed E-state index contributed by atoms with van der Waals surface area (Å²) in [6.45, 7) is 3.17. The summed E-state index contributed by atoms with van der Waals surface area (Å²) >= 11 is 11.8. The Bertz CT molecular complexity index is 1170. The second-order valence-corrected chi connectivity index (χ2v) is 7.93. The van der Waals surface area contributed by atoms with Gasteiger partial charge in [-0.3, -0.25) is 0 Å². The Labute approximate surface area is 184 Å². The molecule has 0 unspecified atom stereocenters. The molecular weight excluding hydrogens is 421 g/mol. The molecule has 2 aromatic heterocycles. The molecule has 0 amide bonds. The van der Waals surface area contributed by atoms with Crippen molar-refractivity contribution in [1.29, 1.82) is 0 Å². The smallest absolute Gasteiger partial charge is 0.173 e. The van der Waals surface area contributed by atoms with E-state index in [2.05, 4.69) is 10.3 Å². The van der Waals surface area contributed by atoms with Gasteiger partial charge in [-0.25, -0.2) is 4.39 Å². The minimum Gasteiger partial charge on any atom is -0.467 e. The van der Waals surface area contributed by atoms with Crippen LogP contribution in [0, 0.1) is 12.7 Å². The number of nitrogens with zero attached hydrogens (tertiary/aromatic N) is 1. The fourth-order valence-corrected chi connectivity index (χ4v) is 4.00. The lowest BCUT2D eigenvalue weighted by atomic mass is 10.1. The van der Waals surface area contributed by atoms with Crippen LogP contribution in [0.2, 0.25) is 5.02 Å². The first-order valence-electron chi connectivity index (χ1n) is 9.60. The zero-order valence-electron chi connectivity index (χ0n) is 16.4. The second kappa shape index (κ2) is 8.90. The van der Waals surface area contributed by atoms with E-state index in [1.165, 1.54) is 6.07 Å². The fraction of sp³-hybridized carbons (Fsp3) is 0.174. The summed E-state index contributed by atoms with van der Waals surface area (Å²) in [5.74, 6) is 0.570. The number of anilines is 1. The first kappa shape index (κ1) is 20.4. The SMILES string of the molecule is Cc1[nH]c2ccc(F)cc2c1CCN(Cc1ccco1)C(=S)Nc1cccc(Cl)c1. The molecule has 4 rings (SSSR count). The van der Waals surface area contributed by atoms with Crippen LogP contribution in [-0.4, -0.2) is 21.5 Å². The summed E-state index contributed by atoms with van der Waals surface area (Å²) in [6, 6.07) is 16.0. The fourth-order valence-electron chi connectivity index (χ4n) is 3.54. The lowest BCUT2D eigenvalue weighted by Gasteiger charge is -2.25. The molecule has 4 aromatic rings. The number of hydrogen-bond donors (Lipinski definition) is 2. The van der Waals surface area contributed by atoms with Crippen molar-refractivity contribution in [2.24, 2.45) is 0 Å². The van der Waals surface area contributed by atoms with Gasteiger partial charge in [0.25, 0.3) is 0 Å². The van der Waals surface area contributed by atoms with Gasteiger partial charge in [0, 0.05) is 33.9 Å². The summed E-state index contributed by atoms with van der Waals surface area (Å²) in [5.41, 5.74) is 3.87. The Morgan fingerprint density at radius 3 is 2.83 bits per heavy atom. The van der Waals surface area contributed by atoms with Crippen molar-refractivity contribution in [2.75, 3.05) is 11.9 Å². The maximum Gasteiger partial charge on any atom is 0.173 e. The standard InChI is InChI=1S/C23H21ClFN3OS/c1-15-20(21-13-17(25)7-8-22(21)26-15)9-10-28(14-19-6-3-11-29-19)23(30)27-18-5-2-4-16(24)12-18/h2-8,11-13,26H,9-10,14H2,1H3,(H,27,30). The highest BCUT2D eigenvalue weighted by Gasteiger charge is 2.16. The van der Waals surface area contributed by atoms with Crippen molar-refractivity contribution in [3.8, 4) is 0 Å². The van der Waals surface area contributed by atoms with Crippen LogP contribution in [-0.2, 0) is 13.0 Å². The summed E-state index contributed by atoms with van der Waals surface area (Å²) < 4.78 is 19.3. The van der Waals surface area contributed by atoms with Gasteiger partial charge in [0.15, 0.2) is 5.11 Å². The number of hydrogen-bond acceptors (Lipinski definition) is 2. The van der Waals surface area contributed by atoms with Gasteiger partial charge in [-0.2, -0.15) is 0 Å². The van der Waals surface area contributed by atoms with E-state index >= 15 is 0 Å². The number of aryl methyl sites for hydroxylation is 1. The molecule has 0 aliphatic rings. The van der Waals surface area contributed by atoms with Crippen LogP contribution < -0.4 is 5.32 Å². The van der Waals surface area contributed by atoms with E-state index in [9.17, 15) is 4.39 Å². The van der Waals surface area contributed by atoms with Crippen LogP contribution >= 0.6 is 23.8 Å². The van der Waals surface area contributed by atoms with Gasteiger partial charge in [-0.1, -0.05) is 17.7 Å². The first-order chi connectivity index (χ1) is 14.5. The Hall–Kier alpha value is -2.83. The number of thiocarbonyl (C=S) groups is 1. The molecule has 0 aliphatic carbocycles. The lowest BCUT2D eigenvalue weighted by molar-refractivity contribution is 0.368. The highest BCUT2D eigenvalue weighted by Crippen LogP contribution is 2.24. The number of fused-ring (bicyclic) bond motifs is 1. The Morgan fingerprint density at radius 1 is 1.20 bits per heavy atom. The van der Waals surface area contributed by atoms with E-state index in [1.807, 2.05) is 48.2 Å². The number of nitrogens with one attached hydrogen (secondary N) is 2. The number of rotatable bonds is 6. The number of aromatic amines is 1. The van der Waals surface area contributed by atoms with Gasteiger partial charge < -0.3 is 19.6 Å². The van der Waals surface area contributed by atoms with Gasteiger partial charge in [0.2, 0.25) is 0 Å². The number of benzene rings is 2. The van der Waals surface area contributed by atoms with Crippen LogP contribution in [0.15, 0.2) is 65.3 Å². The molecule has 2 heterocycles. The number of halogens is 2. The van der Waals surface area contributed by atoms with E-state index in [1.54, 1.807) is 18.4 Å². The molecule has 0 saturated carbocycles. The molecule has 30 heavy (non-hydrogen) atoms.